The highest BCUT2D eigenvalue weighted by Crippen LogP contribution is 2.27. The molecule has 1 heterocycles. The minimum atomic E-state index is -1.04. The van der Waals surface area contributed by atoms with Crippen molar-refractivity contribution < 1.29 is 14.6 Å². The van der Waals surface area contributed by atoms with E-state index >= 15 is 0 Å². The quantitative estimate of drug-likeness (QED) is 0.887. The van der Waals surface area contributed by atoms with Crippen molar-refractivity contribution in [1.29, 1.82) is 0 Å². The van der Waals surface area contributed by atoms with E-state index in [0.717, 1.165) is 5.52 Å². The molecule has 84 valence electrons. The molecule has 1 N–H and O–H groups in total. The number of aromatic nitrogens is 2. The van der Waals surface area contributed by atoms with Crippen molar-refractivity contribution in [3.8, 4) is 5.88 Å². The SMILES string of the molecule is Cn1nc(OCC(=O)O)c2cc(Cl)ccc21. The summed E-state index contributed by atoms with van der Waals surface area (Å²) in [7, 11) is 1.75. The van der Waals surface area contributed by atoms with Gasteiger partial charge in [0.25, 0.3) is 0 Å². The summed E-state index contributed by atoms with van der Waals surface area (Å²) in [5, 5.41) is 13.9. The van der Waals surface area contributed by atoms with Crippen LogP contribution in [0.4, 0.5) is 0 Å². The van der Waals surface area contributed by atoms with Gasteiger partial charge in [0.05, 0.1) is 10.9 Å². The number of aliphatic carboxylic acids is 1. The number of fused-ring (bicyclic) bond motifs is 1. The van der Waals surface area contributed by atoms with Crippen molar-refractivity contribution in [2.24, 2.45) is 7.05 Å². The number of carboxylic acids is 1. The molecule has 0 amide bonds. The molecule has 0 unspecified atom stereocenters. The number of carboxylic acid groups (broad SMARTS) is 1. The maximum absolute atomic E-state index is 10.4. The van der Waals surface area contributed by atoms with Gasteiger partial charge in [-0.05, 0) is 18.2 Å². The van der Waals surface area contributed by atoms with Gasteiger partial charge in [-0.25, -0.2) is 4.79 Å². The predicted molar refractivity (Wildman–Crippen MR) is 58.9 cm³/mol. The van der Waals surface area contributed by atoms with Gasteiger partial charge < -0.3 is 9.84 Å². The Morgan fingerprint density at radius 3 is 3.06 bits per heavy atom. The molecule has 2 aromatic rings. The van der Waals surface area contributed by atoms with Crippen LogP contribution in [0, 0.1) is 0 Å². The van der Waals surface area contributed by atoms with Crippen LogP contribution in [0.15, 0.2) is 18.2 Å². The normalized spacial score (nSPS) is 10.6. The number of nitrogens with zero attached hydrogens (tertiary/aromatic N) is 2. The summed E-state index contributed by atoms with van der Waals surface area (Å²) < 4.78 is 6.68. The molecule has 6 heteroatoms. The van der Waals surface area contributed by atoms with E-state index in [4.69, 9.17) is 21.4 Å². The van der Waals surface area contributed by atoms with Crippen LogP contribution in [0.3, 0.4) is 0 Å². The first-order chi connectivity index (χ1) is 7.58. The monoisotopic (exact) mass is 240 g/mol. The molecule has 0 radical (unpaired) electrons. The van der Waals surface area contributed by atoms with Gasteiger partial charge in [0.1, 0.15) is 0 Å². The molecule has 0 saturated heterocycles. The molecule has 5 nitrogen and oxygen atoms in total. The summed E-state index contributed by atoms with van der Waals surface area (Å²) >= 11 is 5.85. The molecule has 0 bridgehead atoms. The lowest BCUT2D eigenvalue weighted by atomic mass is 10.2. The van der Waals surface area contributed by atoms with Gasteiger partial charge >= 0.3 is 5.97 Å². The van der Waals surface area contributed by atoms with Crippen molar-refractivity contribution in [3.63, 3.8) is 0 Å². The van der Waals surface area contributed by atoms with E-state index in [1.165, 1.54) is 0 Å². The molecule has 1 aromatic heterocycles. The van der Waals surface area contributed by atoms with Crippen molar-refractivity contribution in [3.05, 3.63) is 23.2 Å². The summed E-state index contributed by atoms with van der Waals surface area (Å²) in [6, 6.07) is 5.24. The Kier molecular flexibility index (Phi) is 2.70. The third kappa shape index (κ3) is 1.94. The summed E-state index contributed by atoms with van der Waals surface area (Å²) in [6.45, 7) is -0.418. The number of halogens is 1. The Balaban J connectivity index is 2.44. The van der Waals surface area contributed by atoms with Gasteiger partial charge in [0.15, 0.2) is 6.61 Å². The fourth-order valence-electron chi connectivity index (χ4n) is 1.44. The van der Waals surface area contributed by atoms with E-state index in [-0.39, 0.29) is 5.88 Å². The molecule has 0 aliphatic heterocycles. The van der Waals surface area contributed by atoms with Crippen LogP contribution in [0.1, 0.15) is 0 Å². The first kappa shape index (κ1) is 10.8. The van der Waals surface area contributed by atoms with Gasteiger partial charge in [-0.3, -0.25) is 4.68 Å². The smallest absolute Gasteiger partial charge is 0.341 e. The van der Waals surface area contributed by atoms with E-state index in [1.807, 2.05) is 0 Å². The number of ether oxygens (including phenoxy) is 1. The highest BCUT2D eigenvalue weighted by Gasteiger charge is 2.11. The second-order valence-electron chi connectivity index (χ2n) is 3.27. The molecule has 16 heavy (non-hydrogen) atoms. The first-order valence-corrected chi connectivity index (χ1v) is 4.92. The fraction of sp³-hybridized carbons (Fsp3) is 0.200. The number of hydrogen-bond acceptors (Lipinski definition) is 3. The van der Waals surface area contributed by atoms with Crippen LogP contribution in [0.2, 0.25) is 5.02 Å². The largest absolute Gasteiger partial charge is 0.479 e. The maximum atomic E-state index is 10.4. The zero-order chi connectivity index (χ0) is 11.7. The van der Waals surface area contributed by atoms with Crippen molar-refractivity contribution >= 4 is 28.5 Å². The lowest BCUT2D eigenvalue weighted by molar-refractivity contribution is -0.139. The van der Waals surface area contributed by atoms with Gasteiger partial charge in [-0.1, -0.05) is 11.6 Å². The number of rotatable bonds is 3. The van der Waals surface area contributed by atoms with Crippen LogP contribution < -0.4 is 4.74 Å². The molecule has 0 fully saturated rings. The highest BCUT2D eigenvalue weighted by atomic mass is 35.5. The maximum Gasteiger partial charge on any atom is 0.341 e. The number of hydrogen-bond donors (Lipinski definition) is 1. The molecule has 0 aliphatic carbocycles. The molecule has 2 rings (SSSR count). The van der Waals surface area contributed by atoms with Gasteiger partial charge in [0.2, 0.25) is 5.88 Å². The molecular weight excluding hydrogens is 232 g/mol. The Morgan fingerprint density at radius 1 is 1.62 bits per heavy atom. The molecular formula is C10H9ClN2O3. The zero-order valence-electron chi connectivity index (χ0n) is 8.48. The van der Waals surface area contributed by atoms with E-state index in [0.29, 0.717) is 10.4 Å². The van der Waals surface area contributed by atoms with Crippen LogP contribution in [-0.4, -0.2) is 27.5 Å². The second-order valence-corrected chi connectivity index (χ2v) is 3.71. The van der Waals surface area contributed by atoms with E-state index in [9.17, 15) is 4.79 Å². The lowest BCUT2D eigenvalue weighted by Crippen LogP contribution is -2.09. The lowest BCUT2D eigenvalue weighted by Gasteiger charge is -1.98. The number of carbonyl (C=O) groups is 1. The molecule has 0 saturated carbocycles. The zero-order valence-corrected chi connectivity index (χ0v) is 9.23. The Morgan fingerprint density at radius 2 is 2.38 bits per heavy atom. The van der Waals surface area contributed by atoms with Crippen LogP contribution in [0.5, 0.6) is 5.88 Å². The number of benzene rings is 1. The van der Waals surface area contributed by atoms with Crippen molar-refractivity contribution in [2.45, 2.75) is 0 Å². The summed E-state index contributed by atoms with van der Waals surface area (Å²) in [4.78, 5) is 10.4. The Labute approximate surface area is 96.2 Å². The second kappa shape index (κ2) is 4.02. The summed E-state index contributed by atoms with van der Waals surface area (Å²) in [5.74, 6) is -0.761. The number of aryl methyl sites for hydroxylation is 1. The minimum Gasteiger partial charge on any atom is -0.479 e. The Hall–Kier alpha value is -1.75. The third-order valence-electron chi connectivity index (χ3n) is 2.11. The van der Waals surface area contributed by atoms with E-state index in [2.05, 4.69) is 5.10 Å². The average molecular weight is 241 g/mol. The first-order valence-electron chi connectivity index (χ1n) is 4.55. The van der Waals surface area contributed by atoms with Gasteiger partial charge in [-0.2, -0.15) is 0 Å². The summed E-state index contributed by atoms with van der Waals surface area (Å²) in [5.41, 5.74) is 0.838. The van der Waals surface area contributed by atoms with Crippen LogP contribution >= 0.6 is 11.6 Å². The van der Waals surface area contributed by atoms with Crippen LogP contribution in [0.25, 0.3) is 10.9 Å². The third-order valence-corrected chi connectivity index (χ3v) is 2.35. The molecule has 1 aromatic carbocycles. The standard InChI is InChI=1S/C10H9ClN2O3/c1-13-8-3-2-6(11)4-7(8)10(12-13)16-5-9(14)15/h2-4H,5H2,1H3,(H,14,15). The van der Waals surface area contributed by atoms with Crippen LogP contribution in [-0.2, 0) is 11.8 Å². The molecule has 0 atom stereocenters. The minimum absolute atomic E-state index is 0.280. The molecule has 0 aliphatic rings. The fourth-order valence-corrected chi connectivity index (χ4v) is 1.61. The van der Waals surface area contributed by atoms with Crippen molar-refractivity contribution in [1.82, 2.24) is 9.78 Å². The van der Waals surface area contributed by atoms with E-state index in [1.54, 1.807) is 29.9 Å². The highest BCUT2D eigenvalue weighted by molar-refractivity contribution is 6.31. The molecule has 0 spiro atoms. The van der Waals surface area contributed by atoms with E-state index < -0.39 is 12.6 Å². The summed E-state index contributed by atoms with van der Waals surface area (Å²) in [6.07, 6.45) is 0. The van der Waals surface area contributed by atoms with Crippen molar-refractivity contribution in [2.75, 3.05) is 6.61 Å². The topological polar surface area (TPSA) is 64.4 Å². The van der Waals surface area contributed by atoms with Gasteiger partial charge in [-0.15, -0.1) is 5.10 Å². The average Bonchev–Trinajstić information content (AvgIpc) is 2.52. The predicted octanol–water partition coefficient (Wildman–Crippen LogP) is 1.69. The van der Waals surface area contributed by atoms with Gasteiger partial charge in [0, 0.05) is 12.1 Å². The Bertz CT molecular complexity index is 550.